The highest BCUT2D eigenvalue weighted by Gasteiger charge is 2.27. The van der Waals surface area contributed by atoms with Gasteiger partial charge in [0.1, 0.15) is 19.8 Å². The molecule has 0 heterocycles. The number of carbonyl (C=O) groups excluding carboxylic acids is 2. The Kier molecular flexibility index (Phi) is 59.4. The van der Waals surface area contributed by atoms with Crippen LogP contribution >= 0.6 is 7.82 Å². The topological polar surface area (TPSA) is 108 Å². The predicted octanol–water partition coefficient (Wildman–Crippen LogP) is 21.9. The van der Waals surface area contributed by atoms with Crippen LogP contribution in [-0.4, -0.2) is 74.9 Å². The van der Waals surface area contributed by atoms with Crippen molar-refractivity contribution in [2.75, 3.05) is 47.5 Å². The molecule has 0 aromatic rings. The molecule has 0 saturated carbocycles. The van der Waals surface area contributed by atoms with Crippen LogP contribution in [0.15, 0.2) is 36.5 Å². The Hall–Kier alpha value is -1.77. The Labute approximate surface area is 491 Å². The number of ether oxygens (including phenoxy) is 2. The van der Waals surface area contributed by atoms with E-state index in [4.69, 9.17) is 18.5 Å². The molecule has 10 heteroatoms. The van der Waals surface area contributed by atoms with Crippen molar-refractivity contribution in [2.24, 2.45) is 0 Å². The van der Waals surface area contributed by atoms with E-state index in [9.17, 15) is 19.0 Å². The number of likely N-dealkylation sites (N-methyl/N-ethyl adjacent to an activating group) is 1. The van der Waals surface area contributed by atoms with Crippen LogP contribution in [0.2, 0.25) is 0 Å². The fraction of sp³-hybridized carbons (Fsp3) is 0.884. The summed E-state index contributed by atoms with van der Waals surface area (Å²) in [4.78, 5) is 35.8. The first-order valence-electron chi connectivity index (χ1n) is 34.2. The van der Waals surface area contributed by atoms with E-state index < -0.39 is 26.5 Å². The maximum Gasteiger partial charge on any atom is 0.472 e. The summed E-state index contributed by atoms with van der Waals surface area (Å²) >= 11 is 0. The van der Waals surface area contributed by atoms with Crippen molar-refractivity contribution in [3.8, 4) is 0 Å². The number of phosphoric ester groups is 1. The Morgan fingerprint density at radius 3 is 1.01 bits per heavy atom. The summed E-state index contributed by atoms with van der Waals surface area (Å²) in [7, 11) is 1.50. The number of hydrogen-bond donors (Lipinski definition) is 1. The minimum atomic E-state index is -4.38. The van der Waals surface area contributed by atoms with Crippen LogP contribution in [0.1, 0.15) is 341 Å². The number of nitrogens with zero attached hydrogens (tertiary/aromatic N) is 1. The van der Waals surface area contributed by atoms with Gasteiger partial charge in [-0.05, 0) is 51.4 Å². The lowest BCUT2D eigenvalue weighted by molar-refractivity contribution is -0.870. The molecule has 0 radical (unpaired) electrons. The lowest BCUT2D eigenvalue weighted by Crippen LogP contribution is -2.37. The van der Waals surface area contributed by atoms with Crippen molar-refractivity contribution >= 4 is 19.8 Å². The number of esters is 2. The SMILES string of the molecule is CCCCCCC/C=C\C/C=C\C/C=C\CCCCCCCCCCCCCCCCCCCCCCCCC(=O)OC(COC(=O)CCCCCCCCCCCCCCCCCCCC)COP(=O)(O)OCC[N+](C)(C)C. The highest BCUT2D eigenvalue weighted by atomic mass is 31.2. The zero-order chi connectivity index (χ0) is 57.7. The molecule has 466 valence electrons. The predicted molar refractivity (Wildman–Crippen MR) is 340 cm³/mol. The third-order valence-corrected chi connectivity index (χ3v) is 16.4. The average Bonchev–Trinajstić information content (AvgIpc) is 3.41. The van der Waals surface area contributed by atoms with Crippen molar-refractivity contribution < 1.29 is 42.1 Å². The van der Waals surface area contributed by atoms with Gasteiger partial charge in [-0.15, -0.1) is 0 Å². The smallest absolute Gasteiger partial charge is 0.462 e. The van der Waals surface area contributed by atoms with Gasteiger partial charge in [0.15, 0.2) is 6.10 Å². The molecule has 0 aromatic carbocycles. The van der Waals surface area contributed by atoms with Crippen LogP contribution in [0, 0.1) is 0 Å². The lowest BCUT2D eigenvalue weighted by atomic mass is 10.0. The number of rotatable bonds is 64. The molecular weight excluding hydrogens is 1000 g/mol. The van der Waals surface area contributed by atoms with E-state index in [1.807, 2.05) is 21.1 Å². The molecule has 2 unspecified atom stereocenters. The van der Waals surface area contributed by atoms with Gasteiger partial charge in [0.05, 0.1) is 27.7 Å². The van der Waals surface area contributed by atoms with Gasteiger partial charge in [-0.3, -0.25) is 18.6 Å². The Morgan fingerprint density at radius 1 is 0.392 bits per heavy atom. The summed E-state index contributed by atoms with van der Waals surface area (Å²) in [5, 5.41) is 0. The van der Waals surface area contributed by atoms with Crippen molar-refractivity contribution in [3.05, 3.63) is 36.5 Å². The van der Waals surface area contributed by atoms with Gasteiger partial charge in [0.25, 0.3) is 0 Å². The number of phosphoric acid groups is 1. The second kappa shape index (κ2) is 60.8. The van der Waals surface area contributed by atoms with E-state index in [1.54, 1.807) is 0 Å². The number of allylic oxidation sites excluding steroid dienone is 6. The molecular formula is C69H133NO8P+. The summed E-state index contributed by atoms with van der Waals surface area (Å²) in [5.74, 6) is -0.776. The monoisotopic (exact) mass is 1130 g/mol. The van der Waals surface area contributed by atoms with E-state index >= 15 is 0 Å². The fourth-order valence-electron chi connectivity index (χ4n) is 10.1. The summed E-state index contributed by atoms with van der Waals surface area (Å²) in [6.07, 6.45) is 76.8. The molecule has 0 fully saturated rings. The molecule has 9 nitrogen and oxygen atoms in total. The molecule has 0 aliphatic heterocycles. The van der Waals surface area contributed by atoms with Crippen molar-refractivity contribution in [3.63, 3.8) is 0 Å². The normalized spacial score (nSPS) is 13.3. The largest absolute Gasteiger partial charge is 0.472 e. The number of hydrogen-bond acceptors (Lipinski definition) is 7. The molecule has 0 spiro atoms. The minimum Gasteiger partial charge on any atom is -0.462 e. The maximum absolute atomic E-state index is 12.9. The summed E-state index contributed by atoms with van der Waals surface area (Å²) < 4.78 is 34.7. The van der Waals surface area contributed by atoms with Crippen LogP contribution in [0.4, 0.5) is 0 Å². The van der Waals surface area contributed by atoms with Gasteiger partial charge in [0.2, 0.25) is 0 Å². The second-order valence-electron chi connectivity index (χ2n) is 24.6. The molecule has 0 bridgehead atoms. The molecule has 0 aliphatic carbocycles. The zero-order valence-electron chi connectivity index (χ0n) is 53.1. The molecule has 0 aromatic heterocycles. The molecule has 0 saturated heterocycles. The van der Waals surface area contributed by atoms with Gasteiger partial charge in [-0.1, -0.05) is 314 Å². The van der Waals surface area contributed by atoms with Crippen molar-refractivity contribution in [1.82, 2.24) is 0 Å². The molecule has 0 amide bonds. The molecule has 1 N–H and O–H groups in total. The van der Waals surface area contributed by atoms with Crippen LogP contribution in [-0.2, 0) is 32.7 Å². The Bertz CT molecular complexity index is 1430. The Balaban J connectivity index is 3.94. The van der Waals surface area contributed by atoms with E-state index in [0.29, 0.717) is 23.9 Å². The first-order chi connectivity index (χ1) is 38.5. The lowest BCUT2D eigenvalue weighted by Gasteiger charge is -2.24. The third-order valence-electron chi connectivity index (χ3n) is 15.4. The molecule has 2 atom stereocenters. The highest BCUT2D eigenvalue weighted by molar-refractivity contribution is 7.47. The third kappa shape index (κ3) is 65.3. The van der Waals surface area contributed by atoms with E-state index in [0.717, 1.165) is 44.9 Å². The van der Waals surface area contributed by atoms with Crippen molar-refractivity contribution in [1.29, 1.82) is 0 Å². The second-order valence-corrected chi connectivity index (χ2v) is 26.0. The number of quaternary nitrogens is 1. The first-order valence-corrected chi connectivity index (χ1v) is 35.7. The van der Waals surface area contributed by atoms with Gasteiger partial charge in [-0.25, -0.2) is 4.57 Å². The number of carbonyl (C=O) groups is 2. The van der Waals surface area contributed by atoms with Gasteiger partial charge >= 0.3 is 19.8 Å². The van der Waals surface area contributed by atoms with Crippen LogP contribution in [0.5, 0.6) is 0 Å². The summed E-state index contributed by atoms with van der Waals surface area (Å²) in [6.45, 7) is 4.49. The van der Waals surface area contributed by atoms with Crippen LogP contribution < -0.4 is 0 Å². The number of unbranched alkanes of at least 4 members (excludes halogenated alkanes) is 44. The highest BCUT2D eigenvalue weighted by Crippen LogP contribution is 2.43. The summed E-state index contributed by atoms with van der Waals surface area (Å²) in [6, 6.07) is 0. The first kappa shape index (κ1) is 77.2. The van der Waals surface area contributed by atoms with Crippen molar-refractivity contribution in [2.45, 2.75) is 347 Å². The Morgan fingerprint density at radius 2 is 0.684 bits per heavy atom. The summed E-state index contributed by atoms with van der Waals surface area (Å²) in [5.41, 5.74) is 0. The zero-order valence-corrected chi connectivity index (χ0v) is 54.0. The van der Waals surface area contributed by atoms with Crippen LogP contribution in [0.3, 0.4) is 0 Å². The van der Waals surface area contributed by atoms with E-state index in [2.05, 4.69) is 50.3 Å². The van der Waals surface area contributed by atoms with Gasteiger partial charge in [-0.2, -0.15) is 0 Å². The standard InChI is InChI=1S/C69H132NO8P/c1-6-8-10-12-14-16-18-20-22-24-26-27-28-29-30-31-32-33-34-35-36-37-38-39-40-41-42-43-44-46-48-50-52-54-56-58-60-62-69(72)78-67(66-77-79(73,74)76-64-63-70(3,4)5)65-75-68(71)61-59-57-55-53-51-49-47-45-25-23-21-19-17-15-13-11-9-7-2/h18,20,24,26,28-29,67H,6-17,19,21-23,25,27,30-66H2,1-5H3/p+1/b20-18-,26-24-,29-28-. The van der Waals surface area contributed by atoms with E-state index in [-0.39, 0.29) is 25.6 Å². The van der Waals surface area contributed by atoms with Gasteiger partial charge < -0.3 is 18.9 Å². The maximum atomic E-state index is 12.9. The van der Waals surface area contributed by atoms with E-state index in [1.165, 1.54) is 263 Å². The fourth-order valence-corrected chi connectivity index (χ4v) is 10.9. The quantitative estimate of drug-likeness (QED) is 0.0211. The average molecular weight is 1140 g/mol. The molecule has 79 heavy (non-hydrogen) atoms. The minimum absolute atomic E-state index is 0.0353. The van der Waals surface area contributed by atoms with Crippen LogP contribution in [0.25, 0.3) is 0 Å². The molecule has 0 rings (SSSR count). The molecule has 0 aliphatic rings. The van der Waals surface area contributed by atoms with Gasteiger partial charge in [0, 0.05) is 12.8 Å².